The Morgan fingerprint density at radius 2 is 1.89 bits per heavy atom. The van der Waals surface area contributed by atoms with Crippen molar-refractivity contribution in [3.8, 4) is 0 Å². The maximum atomic E-state index is 13.3. The van der Waals surface area contributed by atoms with E-state index in [1.165, 1.54) is 12.3 Å². The number of carbonyl (C=O) groups excluding carboxylic acids is 3. The molecule has 1 aliphatic rings. The van der Waals surface area contributed by atoms with Gasteiger partial charge < -0.3 is 15.1 Å². The van der Waals surface area contributed by atoms with Crippen molar-refractivity contribution in [1.29, 1.82) is 0 Å². The number of benzene rings is 1. The van der Waals surface area contributed by atoms with Crippen molar-refractivity contribution in [2.24, 2.45) is 5.92 Å². The number of furan rings is 1. The molecule has 200 valence electrons. The van der Waals surface area contributed by atoms with E-state index in [2.05, 4.69) is 15.6 Å². The van der Waals surface area contributed by atoms with Crippen molar-refractivity contribution in [2.75, 3.05) is 13.1 Å². The zero-order valence-electron chi connectivity index (χ0n) is 21.2. The molecule has 4 rings (SSSR count). The molecule has 2 N–H and O–H groups in total. The third-order valence-corrected chi connectivity index (χ3v) is 7.83. The summed E-state index contributed by atoms with van der Waals surface area (Å²) in [6.45, 7) is 3.42. The van der Waals surface area contributed by atoms with Crippen LogP contribution < -0.4 is 10.6 Å². The summed E-state index contributed by atoms with van der Waals surface area (Å²) in [5.74, 6) is -1.40. The normalized spacial score (nSPS) is 18.5. The number of aromatic nitrogens is 1. The Bertz CT molecular complexity index is 1420. The molecular weight excluding hydrogens is 508 g/mol. The molecule has 1 aromatic carbocycles. The topological polar surface area (TPSA) is 139 Å². The van der Waals surface area contributed by atoms with Crippen LogP contribution in [0.1, 0.15) is 37.2 Å². The Morgan fingerprint density at radius 1 is 1.13 bits per heavy atom. The van der Waals surface area contributed by atoms with Crippen molar-refractivity contribution in [3.63, 3.8) is 0 Å². The van der Waals surface area contributed by atoms with Crippen LogP contribution in [0.4, 0.5) is 0 Å². The number of hydrogen-bond acceptors (Lipinski definition) is 7. The number of hydrogen-bond donors (Lipinski definition) is 2. The van der Waals surface area contributed by atoms with Gasteiger partial charge in [0.2, 0.25) is 5.91 Å². The third kappa shape index (κ3) is 6.35. The number of amides is 2. The number of fused-ring (bicyclic) bond motifs is 1. The van der Waals surface area contributed by atoms with E-state index in [1.54, 1.807) is 42.5 Å². The van der Waals surface area contributed by atoms with Crippen molar-refractivity contribution < 1.29 is 27.2 Å². The summed E-state index contributed by atoms with van der Waals surface area (Å²) in [7, 11) is -4.01. The van der Waals surface area contributed by atoms with Crippen LogP contribution >= 0.6 is 0 Å². The molecule has 2 aromatic heterocycles. The lowest BCUT2D eigenvalue weighted by Crippen LogP contribution is -2.53. The fourth-order valence-electron chi connectivity index (χ4n) is 4.16. The Morgan fingerprint density at radius 3 is 2.61 bits per heavy atom. The van der Waals surface area contributed by atoms with Gasteiger partial charge in [0.05, 0.1) is 12.6 Å². The maximum Gasteiger partial charge on any atom is 0.287 e. The minimum Gasteiger partial charge on any atom is -0.451 e. The summed E-state index contributed by atoms with van der Waals surface area (Å²) in [5.41, 5.74) is 0.555. The minimum atomic E-state index is -4.01. The first kappa shape index (κ1) is 27.2. The smallest absolute Gasteiger partial charge is 0.287 e. The van der Waals surface area contributed by atoms with Crippen molar-refractivity contribution in [2.45, 2.75) is 43.8 Å². The van der Waals surface area contributed by atoms with Crippen LogP contribution in [-0.4, -0.2) is 60.5 Å². The monoisotopic (exact) mass is 538 g/mol. The van der Waals surface area contributed by atoms with Crippen LogP contribution in [0, 0.1) is 5.92 Å². The van der Waals surface area contributed by atoms with Gasteiger partial charge in [-0.25, -0.2) is 13.4 Å². The SMILES string of the molecule is CC(C)C[C@H](NC(=O)c1cc2ccccc2o1)C(=O)NC1C/C=C\CN(S(=O)(=O)c2ccccn2)CC1=O. The number of Topliss-reactive ketones (excluding diaryl/α,β-unsaturated/α-hetero) is 1. The van der Waals surface area contributed by atoms with Gasteiger partial charge in [-0.1, -0.05) is 50.3 Å². The molecule has 0 spiro atoms. The molecule has 10 nitrogen and oxygen atoms in total. The zero-order chi connectivity index (χ0) is 27.3. The summed E-state index contributed by atoms with van der Waals surface area (Å²) in [4.78, 5) is 43.2. The zero-order valence-corrected chi connectivity index (χ0v) is 22.0. The van der Waals surface area contributed by atoms with Gasteiger partial charge in [0, 0.05) is 18.1 Å². The van der Waals surface area contributed by atoms with Crippen LogP contribution in [-0.2, 0) is 19.6 Å². The second-order valence-corrected chi connectivity index (χ2v) is 11.4. The van der Waals surface area contributed by atoms with Gasteiger partial charge in [-0.3, -0.25) is 14.4 Å². The number of carbonyl (C=O) groups is 3. The Kier molecular flexibility index (Phi) is 8.38. The standard InChI is InChI=1S/C27H30N4O6S/c1-18(2)15-21(30-27(34)24-16-19-9-3-4-11-23(19)37-24)26(33)29-20-10-6-8-14-31(17-22(20)32)38(35,36)25-12-5-7-13-28-25/h3-9,11-13,16,18,20-21H,10,14-15,17H2,1-2H3,(H,29,33)(H,30,34)/b8-6-/t20?,21-/m0/s1. The summed E-state index contributed by atoms with van der Waals surface area (Å²) >= 11 is 0. The highest BCUT2D eigenvalue weighted by molar-refractivity contribution is 7.89. The minimum absolute atomic E-state index is 0.00878. The van der Waals surface area contributed by atoms with E-state index in [9.17, 15) is 22.8 Å². The van der Waals surface area contributed by atoms with Gasteiger partial charge in [0.15, 0.2) is 16.6 Å². The Labute approximate surface area is 221 Å². The lowest BCUT2D eigenvalue weighted by molar-refractivity contribution is -0.129. The largest absolute Gasteiger partial charge is 0.451 e. The number of rotatable bonds is 8. The highest BCUT2D eigenvalue weighted by atomic mass is 32.2. The first-order valence-electron chi connectivity index (χ1n) is 12.3. The molecule has 0 aliphatic carbocycles. The van der Waals surface area contributed by atoms with E-state index < -0.39 is 46.2 Å². The quantitative estimate of drug-likeness (QED) is 0.421. The summed E-state index contributed by atoms with van der Waals surface area (Å²) < 4.78 is 32.7. The van der Waals surface area contributed by atoms with Crippen LogP contribution in [0.25, 0.3) is 11.0 Å². The number of nitrogens with one attached hydrogen (secondary N) is 2. The van der Waals surface area contributed by atoms with Gasteiger partial charge >= 0.3 is 0 Å². The average molecular weight is 539 g/mol. The first-order chi connectivity index (χ1) is 18.1. The predicted molar refractivity (Wildman–Crippen MR) is 141 cm³/mol. The van der Waals surface area contributed by atoms with Crippen molar-refractivity contribution in [1.82, 2.24) is 19.9 Å². The highest BCUT2D eigenvalue weighted by Gasteiger charge is 2.33. The van der Waals surface area contributed by atoms with E-state index in [1.807, 2.05) is 26.0 Å². The molecule has 1 unspecified atom stereocenters. The summed E-state index contributed by atoms with van der Waals surface area (Å²) in [5, 5.41) is 6.04. The van der Waals surface area contributed by atoms with Gasteiger partial charge in [0.1, 0.15) is 11.6 Å². The van der Waals surface area contributed by atoms with E-state index in [-0.39, 0.29) is 29.7 Å². The molecule has 11 heteroatoms. The number of pyridine rings is 1. The lowest BCUT2D eigenvalue weighted by atomic mass is 10.0. The maximum absolute atomic E-state index is 13.3. The lowest BCUT2D eigenvalue weighted by Gasteiger charge is -2.26. The van der Waals surface area contributed by atoms with Gasteiger partial charge in [0.25, 0.3) is 15.9 Å². The fourth-order valence-corrected chi connectivity index (χ4v) is 5.45. The molecule has 2 amide bonds. The predicted octanol–water partition coefficient (Wildman–Crippen LogP) is 2.68. The van der Waals surface area contributed by atoms with Gasteiger partial charge in [-0.15, -0.1) is 0 Å². The molecule has 0 fully saturated rings. The number of sulfonamides is 1. The summed E-state index contributed by atoms with van der Waals surface area (Å²) in [6, 6.07) is 11.4. The molecule has 0 saturated carbocycles. The van der Waals surface area contributed by atoms with E-state index >= 15 is 0 Å². The molecular formula is C27H30N4O6S. The molecule has 3 heterocycles. The van der Waals surface area contributed by atoms with Crippen LogP contribution in [0.15, 0.2) is 76.3 Å². The third-order valence-electron chi connectivity index (χ3n) is 6.11. The molecule has 0 saturated heterocycles. The first-order valence-corrected chi connectivity index (χ1v) is 13.8. The Hall–Kier alpha value is -3.83. The molecule has 38 heavy (non-hydrogen) atoms. The fraction of sp³-hybridized carbons (Fsp3) is 0.333. The molecule has 0 bridgehead atoms. The summed E-state index contributed by atoms with van der Waals surface area (Å²) in [6.07, 6.45) is 5.20. The number of nitrogens with zero attached hydrogens (tertiary/aromatic N) is 2. The second kappa shape index (κ2) is 11.7. The van der Waals surface area contributed by atoms with Crippen molar-refractivity contribution >= 4 is 38.6 Å². The van der Waals surface area contributed by atoms with E-state index in [0.29, 0.717) is 12.0 Å². The number of ketones is 1. The number of para-hydroxylation sites is 1. The Balaban J connectivity index is 1.47. The van der Waals surface area contributed by atoms with Crippen LogP contribution in [0.2, 0.25) is 0 Å². The van der Waals surface area contributed by atoms with E-state index in [0.717, 1.165) is 9.69 Å². The molecule has 3 aromatic rings. The van der Waals surface area contributed by atoms with E-state index in [4.69, 9.17) is 4.42 Å². The van der Waals surface area contributed by atoms with Gasteiger partial charge in [-0.2, -0.15) is 4.31 Å². The second-order valence-electron chi connectivity index (χ2n) is 9.50. The molecule has 2 atom stereocenters. The molecule has 1 aliphatic heterocycles. The highest BCUT2D eigenvalue weighted by Crippen LogP contribution is 2.19. The average Bonchev–Trinajstić information content (AvgIpc) is 3.32. The van der Waals surface area contributed by atoms with Crippen molar-refractivity contribution in [3.05, 3.63) is 72.6 Å². The van der Waals surface area contributed by atoms with Crippen LogP contribution in [0.5, 0.6) is 0 Å². The van der Waals surface area contributed by atoms with Crippen LogP contribution in [0.3, 0.4) is 0 Å². The van der Waals surface area contributed by atoms with Gasteiger partial charge in [-0.05, 0) is 43.0 Å². The molecule has 0 radical (unpaired) electrons.